The number of hydrogen-bond donors (Lipinski definition) is 1. The second kappa shape index (κ2) is 8.90. The van der Waals surface area contributed by atoms with Crippen molar-refractivity contribution in [1.82, 2.24) is 9.55 Å². The van der Waals surface area contributed by atoms with E-state index in [4.69, 9.17) is 4.98 Å². The maximum Gasteiger partial charge on any atom is 0.296 e. The Morgan fingerprint density at radius 2 is 1.74 bits per heavy atom. The zero-order valence-electron chi connectivity index (χ0n) is 19.1. The van der Waals surface area contributed by atoms with Gasteiger partial charge in [-0.15, -0.1) is 10.2 Å². The van der Waals surface area contributed by atoms with Crippen molar-refractivity contribution in [2.24, 2.45) is 10.2 Å². The zero-order valence-corrected chi connectivity index (χ0v) is 19.1. The number of aromatic nitrogens is 2. The summed E-state index contributed by atoms with van der Waals surface area (Å²) in [4.78, 5) is 18.1. The van der Waals surface area contributed by atoms with Crippen LogP contribution < -0.4 is 0 Å². The molecule has 2 heterocycles. The highest BCUT2D eigenvalue weighted by molar-refractivity contribution is 6.08. The molecule has 0 atom stereocenters. The van der Waals surface area contributed by atoms with Crippen molar-refractivity contribution in [2.45, 2.75) is 26.8 Å². The minimum absolute atomic E-state index is 0.0139. The molecule has 0 saturated heterocycles. The standard InChI is InChI=1S/C28H24N4O2/c1-3-15-32-25-12-8-7-11-20(25)26(28(32)34)30-31-27(33)22-17-24(19-9-5-4-6-10-19)29-23-14-13-18(2)16-21(22)23/h4-14,16-17,34H,3,15H2,1-2H3. The first-order chi connectivity index (χ1) is 16.6. The van der Waals surface area contributed by atoms with Crippen LogP contribution in [0.4, 0.5) is 5.69 Å². The van der Waals surface area contributed by atoms with Gasteiger partial charge in [-0.1, -0.05) is 67.1 Å². The van der Waals surface area contributed by atoms with Crippen molar-refractivity contribution < 1.29 is 9.90 Å². The van der Waals surface area contributed by atoms with Crippen molar-refractivity contribution in [3.63, 3.8) is 0 Å². The summed E-state index contributed by atoms with van der Waals surface area (Å²) in [6.07, 6.45) is 0.854. The Hall–Kier alpha value is -4.32. The molecule has 0 aliphatic carbocycles. The number of amides is 1. The molecule has 1 amide bonds. The van der Waals surface area contributed by atoms with E-state index in [0.29, 0.717) is 29.0 Å². The Kier molecular flexibility index (Phi) is 5.64. The van der Waals surface area contributed by atoms with Crippen molar-refractivity contribution >= 4 is 33.4 Å². The van der Waals surface area contributed by atoms with Gasteiger partial charge in [-0.05, 0) is 37.6 Å². The van der Waals surface area contributed by atoms with E-state index in [9.17, 15) is 9.90 Å². The number of rotatable bonds is 5. The summed E-state index contributed by atoms with van der Waals surface area (Å²) in [5.41, 5.74) is 4.93. The molecule has 3 aromatic carbocycles. The smallest absolute Gasteiger partial charge is 0.296 e. The van der Waals surface area contributed by atoms with Gasteiger partial charge in [0.15, 0.2) is 5.69 Å². The number of pyridine rings is 1. The fourth-order valence-corrected chi connectivity index (χ4v) is 4.24. The van der Waals surface area contributed by atoms with Gasteiger partial charge in [-0.3, -0.25) is 4.79 Å². The average Bonchev–Trinajstić information content (AvgIpc) is 3.13. The van der Waals surface area contributed by atoms with E-state index in [2.05, 4.69) is 10.2 Å². The van der Waals surface area contributed by atoms with Gasteiger partial charge in [0.05, 0.1) is 22.3 Å². The third-order valence-corrected chi connectivity index (χ3v) is 5.87. The Bertz CT molecular complexity index is 1550. The van der Waals surface area contributed by atoms with Gasteiger partial charge in [0.25, 0.3) is 5.91 Å². The van der Waals surface area contributed by atoms with E-state index >= 15 is 0 Å². The molecule has 0 unspecified atom stereocenters. The van der Waals surface area contributed by atoms with Crippen molar-refractivity contribution in [3.05, 3.63) is 90.0 Å². The van der Waals surface area contributed by atoms with Gasteiger partial charge in [-0.2, -0.15) is 0 Å². The highest BCUT2D eigenvalue weighted by atomic mass is 16.3. The fraction of sp³-hybridized carbons (Fsp3) is 0.143. The molecule has 6 heteroatoms. The lowest BCUT2D eigenvalue weighted by molar-refractivity contribution is 0.0996. The van der Waals surface area contributed by atoms with Crippen LogP contribution in [0.3, 0.4) is 0 Å². The van der Waals surface area contributed by atoms with Gasteiger partial charge in [0.1, 0.15) is 0 Å². The van der Waals surface area contributed by atoms with Gasteiger partial charge in [0.2, 0.25) is 5.88 Å². The molecule has 0 aliphatic heterocycles. The third-order valence-electron chi connectivity index (χ3n) is 5.87. The molecule has 0 fully saturated rings. The van der Waals surface area contributed by atoms with Crippen LogP contribution in [0.1, 0.15) is 29.3 Å². The van der Waals surface area contributed by atoms with Gasteiger partial charge in [0, 0.05) is 22.9 Å². The molecule has 5 aromatic rings. The molecular formula is C28H24N4O2. The summed E-state index contributed by atoms with van der Waals surface area (Å²) >= 11 is 0. The summed E-state index contributed by atoms with van der Waals surface area (Å²) < 4.78 is 1.80. The molecule has 0 spiro atoms. The van der Waals surface area contributed by atoms with Crippen LogP contribution in [0.15, 0.2) is 89.1 Å². The topological polar surface area (TPSA) is 79.8 Å². The lowest BCUT2D eigenvalue weighted by Crippen LogP contribution is -1.99. The van der Waals surface area contributed by atoms with Crippen molar-refractivity contribution in [1.29, 1.82) is 0 Å². The predicted molar refractivity (Wildman–Crippen MR) is 135 cm³/mol. The molecule has 6 nitrogen and oxygen atoms in total. The molecule has 0 aliphatic rings. The van der Waals surface area contributed by atoms with E-state index in [1.807, 2.05) is 86.6 Å². The molecule has 5 rings (SSSR count). The van der Waals surface area contributed by atoms with E-state index in [1.165, 1.54) is 0 Å². The number of benzene rings is 3. The Labute approximate surface area is 197 Å². The van der Waals surface area contributed by atoms with Crippen LogP contribution in [-0.2, 0) is 6.54 Å². The first kappa shape index (κ1) is 21.5. The summed E-state index contributed by atoms with van der Waals surface area (Å²) in [6, 6.07) is 24.9. The molecule has 2 aromatic heterocycles. The summed E-state index contributed by atoms with van der Waals surface area (Å²) in [5.74, 6) is -0.470. The minimum atomic E-state index is -0.484. The van der Waals surface area contributed by atoms with Crippen molar-refractivity contribution in [3.8, 4) is 17.1 Å². The Morgan fingerprint density at radius 3 is 2.53 bits per heavy atom. The zero-order chi connectivity index (χ0) is 23.7. The monoisotopic (exact) mass is 448 g/mol. The van der Waals surface area contributed by atoms with E-state index in [-0.39, 0.29) is 5.88 Å². The van der Waals surface area contributed by atoms with Crippen LogP contribution in [0.2, 0.25) is 0 Å². The van der Waals surface area contributed by atoms with Crippen molar-refractivity contribution in [2.75, 3.05) is 0 Å². The number of nitrogens with zero attached hydrogens (tertiary/aromatic N) is 4. The quantitative estimate of drug-likeness (QED) is 0.289. The first-order valence-corrected chi connectivity index (χ1v) is 11.3. The van der Waals surface area contributed by atoms with Gasteiger partial charge >= 0.3 is 0 Å². The fourth-order valence-electron chi connectivity index (χ4n) is 4.24. The van der Waals surface area contributed by atoms with E-state index in [0.717, 1.165) is 33.8 Å². The number of fused-ring (bicyclic) bond motifs is 2. The van der Waals surface area contributed by atoms with Crippen LogP contribution in [0.25, 0.3) is 33.1 Å². The molecule has 0 radical (unpaired) electrons. The largest absolute Gasteiger partial charge is 0.493 e. The number of aromatic hydroxyl groups is 1. The molecule has 34 heavy (non-hydrogen) atoms. The van der Waals surface area contributed by atoms with Gasteiger partial charge < -0.3 is 9.67 Å². The summed E-state index contributed by atoms with van der Waals surface area (Å²) in [6.45, 7) is 4.66. The highest BCUT2D eigenvalue weighted by Crippen LogP contribution is 2.39. The number of carbonyl (C=O) groups is 1. The number of carbonyl (C=O) groups excluding carboxylic acids is 1. The molecule has 0 saturated carbocycles. The Morgan fingerprint density at radius 1 is 0.971 bits per heavy atom. The van der Waals surface area contributed by atoms with E-state index in [1.54, 1.807) is 10.6 Å². The number of hydrogen-bond acceptors (Lipinski definition) is 4. The minimum Gasteiger partial charge on any atom is -0.493 e. The lowest BCUT2D eigenvalue weighted by Gasteiger charge is -2.08. The Balaban J connectivity index is 1.62. The second-order valence-electron chi connectivity index (χ2n) is 8.29. The normalized spacial score (nSPS) is 11.6. The summed E-state index contributed by atoms with van der Waals surface area (Å²) in [5, 5.41) is 20.6. The second-order valence-corrected chi connectivity index (χ2v) is 8.29. The number of azo groups is 1. The van der Waals surface area contributed by atoms with Crippen LogP contribution >= 0.6 is 0 Å². The number of para-hydroxylation sites is 1. The maximum absolute atomic E-state index is 13.3. The first-order valence-electron chi connectivity index (χ1n) is 11.3. The molecular weight excluding hydrogens is 424 g/mol. The SMILES string of the molecule is CCCn1c(O)c(N=NC(=O)c2cc(-c3ccccc3)nc3ccc(C)cc23)c2ccccc21. The van der Waals surface area contributed by atoms with Crippen LogP contribution in [0.5, 0.6) is 5.88 Å². The summed E-state index contributed by atoms with van der Waals surface area (Å²) in [7, 11) is 0. The molecule has 168 valence electrons. The maximum atomic E-state index is 13.3. The predicted octanol–water partition coefficient (Wildman–Crippen LogP) is 7.20. The molecule has 1 N–H and O–H groups in total. The number of aryl methyl sites for hydroxylation is 2. The molecule has 0 bridgehead atoms. The van der Waals surface area contributed by atoms with Crippen LogP contribution in [-0.4, -0.2) is 20.6 Å². The highest BCUT2D eigenvalue weighted by Gasteiger charge is 2.18. The third kappa shape index (κ3) is 3.83. The lowest BCUT2D eigenvalue weighted by atomic mass is 10.0. The van der Waals surface area contributed by atoms with E-state index < -0.39 is 5.91 Å². The average molecular weight is 449 g/mol. The van der Waals surface area contributed by atoms with Gasteiger partial charge in [-0.25, -0.2) is 4.98 Å². The van der Waals surface area contributed by atoms with Crippen LogP contribution in [0, 0.1) is 6.92 Å².